The van der Waals surface area contributed by atoms with E-state index in [1.165, 1.54) is 0 Å². The molecule has 0 bridgehead atoms. The van der Waals surface area contributed by atoms with Gasteiger partial charge in [-0.3, -0.25) is 4.79 Å². The van der Waals surface area contributed by atoms with Crippen LogP contribution >= 0.6 is 0 Å². The number of amides is 1. The van der Waals surface area contributed by atoms with Crippen molar-refractivity contribution in [3.8, 4) is 11.5 Å². The van der Waals surface area contributed by atoms with Crippen molar-refractivity contribution in [2.24, 2.45) is 0 Å². The van der Waals surface area contributed by atoms with E-state index >= 15 is 0 Å². The van der Waals surface area contributed by atoms with Crippen LogP contribution in [0, 0.1) is 0 Å². The lowest BCUT2D eigenvalue weighted by Crippen LogP contribution is -2.37. The topological polar surface area (TPSA) is 50.8 Å². The highest BCUT2D eigenvalue weighted by Gasteiger charge is 2.25. The molecule has 1 saturated heterocycles. The number of hydrogen-bond donors (Lipinski definition) is 1. The van der Waals surface area contributed by atoms with Crippen LogP contribution in [0.2, 0.25) is 0 Å². The number of hydrogen-bond acceptors (Lipinski definition) is 4. The molecule has 0 radical (unpaired) electrons. The van der Waals surface area contributed by atoms with Crippen molar-refractivity contribution in [1.82, 2.24) is 5.32 Å². The third-order valence-electron chi connectivity index (χ3n) is 4.26. The predicted octanol–water partition coefficient (Wildman–Crippen LogP) is 2.71. The number of methoxy groups -OCH3 is 2. The van der Waals surface area contributed by atoms with E-state index in [9.17, 15) is 4.79 Å². The minimum Gasteiger partial charge on any atom is -0.497 e. The van der Waals surface area contributed by atoms with Crippen LogP contribution in [0.4, 0.5) is 5.69 Å². The fraction of sp³-hybridized carbons (Fsp3) is 0.316. The smallest absolute Gasteiger partial charge is 0.251 e. The van der Waals surface area contributed by atoms with E-state index in [0.717, 1.165) is 36.7 Å². The first-order valence-corrected chi connectivity index (χ1v) is 8.03. The van der Waals surface area contributed by atoms with Gasteiger partial charge in [0.1, 0.15) is 11.5 Å². The van der Waals surface area contributed by atoms with E-state index in [1.807, 2.05) is 48.5 Å². The number of rotatable bonds is 5. The molecule has 0 aromatic heterocycles. The molecule has 24 heavy (non-hydrogen) atoms. The first-order valence-electron chi connectivity index (χ1n) is 8.03. The van der Waals surface area contributed by atoms with Crippen LogP contribution < -0.4 is 19.7 Å². The molecule has 5 nitrogen and oxygen atoms in total. The second kappa shape index (κ2) is 7.25. The van der Waals surface area contributed by atoms with Gasteiger partial charge >= 0.3 is 0 Å². The normalized spacial score (nSPS) is 16.8. The van der Waals surface area contributed by atoms with Gasteiger partial charge < -0.3 is 19.7 Å². The van der Waals surface area contributed by atoms with E-state index < -0.39 is 0 Å². The fourth-order valence-electron chi connectivity index (χ4n) is 2.95. The minimum atomic E-state index is -0.0225. The summed E-state index contributed by atoms with van der Waals surface area (Å²) < 4.78 is 10.7. The van der Waals surface area contributed by atoms with Crippen LogP contribution in [0.1, 0.15) is 16.8 Å². The maximum atomic E-state index is 12.3. The molecule has 0 spiro atoms. The average Bonchev–Trinajstić information content (AvgIpc) is 3.10. The van der Waals surface area contributed by atoms with Crippen LogP contribution in [0.15, 0.2) is 48.5 Å². The Labute approximate surface area is 142 Å². The molecule has 0 saturated carbocycles. The molecule has 0 aliphatic carbocycles. The minimum absolute atomic E-state index is 0.0225. The predicted molar refractivity (Wildman–Crippen MR) is 94.1 cm³/mol. The van der Waals surface area contributed by atoms with E-state index in [0.29, 0.717) is 5.56 Å². The third-order valence-corrected chi connectivity index (χ3v) is 4.26. The summed E-state index contributed by atoms with van der Waals surface area (Å²) in [5, 5.41) is 3.11. The summed E-state index contributed by atoms with van der Waals surface area (Å²) >= 11 is 0. The summed E-state index contributed by atoms with van der Waals surface area (Å²) in [6.45, 7) is 1.66. The number of carbonyl (C=O) groups is 1. The molecule has 2 aromatic carbocycles. The monoisotopic (exact) mass is 326 g/mol. The zero-order valence-electron chi connectivity index (χ0n) is 14.0. The highest BCUT2D eigenvalue weighted by molar-refractivity contribution is 5.94. The first-order chi connectivity index (χ1) is 11.7. The lowest BCUT2D eigenvalue weighted by atomic mass is 10.2. The van der Waals surface area contributed by atoms with Gasteiger partial charge in [0.15, 0.2) is 0 Å². The molecule has 5 heteroatoms. The maximum Gasteiger partial charge on any atom is 0.251 e. The molecule has 1 atom stereocenters. The number of nitrogens with one attached hydrogen (secondary N) is 1. The summed E-state index contributed by atoms with van der Waals surface area (Å²) in [6.07, 6.45) is 0.915. The largest absolute Gasteiger partial charge is 0.497 e. The Kier molecular flexibility index (Phi) is 4.89. The fourth-order valence-corrected chi connectivity index (χ4v) is 2.95. The number of benzene rings is 2. The van der Waals surface area contributed by atoms with Gasteiger partial charge in [0.2, 0.25) is 0 Å². The van der Waals surface area contributed by atoms with Crippen LogP contribution in [0.25, 0.3) is 0 Å². The molecule has 1 heterocycles. The highest BCUT2D eigenvalue weighted by atomic mass is 16.5. The average molecular weight is 326 g/mol. The molecule has 126 valence electrons. The van der Waals surface area contributed by atoms with Gasteiger partial charge in [-0.25, -0.2) is 0 Å². The summed E-state index contributed by atoms with van der Waals surface area (Å²) in [5.41, 5.74) is 1.74. The zero-order valence-corrected chi connectivity index (χ0v) is 14.0. The molecule has 0 unspecified atom stereocenters. The van der Waals surface area contributed by atoms with Crippen LogP contribution in [-0.4, -0.2) is 39.3 Å². The lowest BCUT2D eigenvalue weighted by molar-refractivity contribution is 0.0940. The van der Waals surface area contributed by atoms with Gasteiger partial charge in [-0.05, 0) is 18.6 Å². The van der Waals surface area contributed by atoms with Crippen LogP contribution in [-0.2, 0) is 0 Å². The molecule has 2 aromatic rings. The Balaban J connectivity index is 1.66. The van der Waals surface area contributed by atoms with Crippen molar-refractivity contribution >= 4 is 11.6 Å². The SMILES string of the molecule is COc1cc(OC)cc(N2CC[C@@H](NC(=O)c3ccccc3)C2)c1. The number of carbonyl (C=O) groups excluding carboxylic acids is 1. The van der Waals surface area contributed by atoms with Crippen molar-refractivity contribution in [3.63, 3.8) is 0 Å². The molecule has 1 aliphatic rings. The third kappa shape index (κ3) is 3.62. The molecular formula is C19H22N2O3. The molecule has 1 fully saturated rings. The Morgan fingerprint density at radius 2 is 1.75 bits per heavy atom. The Hall–Kier alpha value is -2.69. The van der Waals surface area contributed by atoms with Crippen molar-refractivity contribution in [1.29, 1.82) is 0 Å². The standard InChI is InChI=1S/C19H22N2O3/c1-23-17-10-16(11-18(12-17)24-2)21-9-8-15(13-21)20-19(22)14-6-4-3-5-7-14/h3-7,10-12,15H,8-9,13H2,1-2H3,(H,20,22)/t15-/m1/s1. The summed E-state index contributed by atoms with van der Waals surface area (Å²) in [7, 11) is 3.29. The molecule has 1 aliphatic heterocycles. The van der Waals surface area contributed by atoms with Gasteiger partial charge in [0.05, 0.1) is 14.2 Å². The summed E-state index contributed by atoms with van der Waals surface area (Å²) in [5.74, 6) is 1.51. The van der Waals surface area contributed by atoms with Crippen LogP contribution in [0.5, 0.6) is 11.5 Å². The second-order valence-electron chi connectivity index (χ2n) is 5.84. The van der Waals surface area contributed by atoms with E-state index in [-0.39, 0.29) is 11.9 Å². The molecular weight excluding hydrogens is 304 g/mol. The zero-order chi connectivity index (χ0) is 16.9. The number of anilines is 1. The van der Waals surface area contributed by atoms with Gasteiger partial charge in [0.25, 0.3) is 5.91 Å². The lowest BCUT2D eigenvalue weighted by Gasteiger charge is -2.20. The quantitative estimate of drug-likeness (QED) is 0.918. The van der Waals surface area contributed by atoms with E-state index in [2.05, 4.69) is 10.2 Å². The maximum absolute atomic E-state index is 12.3. The number of ether oxygens (including phenoxy) is 2. The molecule has 3 rings (SSSR count). The highest BCUT2D eigenvalue weighted by Crippen LogP contribution is 2.30. The van der Waals surface area contributed by atoms with Gasteiger partial charge in [-0.15, -0.1) is 0 Å². The van der Waals surface area contributed by atoms with Gasteiger partial charge in [-0.2, -0.15) is 0 Å². The summed E-state index contributed by atoms with van der Waals surface area (Å²) in [4.78, 5) is 14.5. The molecule has 1 N–H and O–H groups in total. The Bertz CT molecular complexity index is 681. The van der Waals surface area contributed by atoms with Crippen LogP contribution in [0.3, 0.4) is 0 Å². The van der Waals surface area contributed by atoms with Crippen molar-refractivity contribution < 1.29 is 14.3 Å². The molecule has 1 amide bonds. The van der Waals surface area contributed by atoms with Crippen molar-refractivity contribution in [2.75, 3.05) is 32.2 Å². The van der Waals surface area contributed by atoms with Gasteiger partial charge in [0, 0.05) is 48.6 Å². The van der Waals surface area contributed by atoms with Crippen molar-refractivity contribution in [2.45, 2.75) is 12.5 Å². The second-order valence-corrected chi connectivity index (χ2v) is 5.84. The summed E-state index contributed by atoms with van der Waals surface area (Å²) in [6, 6.07) is 15.3. The number of nitrogens with zero attached hydrogens (tertiary/aromatic N) is 1. The Morgan fingerprint density at radius 1 is 1.08 bits per heavy atom. The first kappa shape index (κ1) is 16.2. The van der Waals surface area contributed by atoms with Gasteiger partial charge in [-0.1, -0.05) is 18.2 Å². The Morgan fingerprint density at radius 3 is 2.38 bits per heavy atom. The van der Waals surface area contributed by atoms with Crippen molar-refractivity contribution in [3.05, 3.63) is 54.1 Å². The van der Waals surface area contributed by atoms with E-state index in [4.69, 9.17) is 9.47 Å². The van der Waals surface area contributed by atoms with E-state index in [1.54, 1.807) is 14.2 Å².